The molecule has 0 saturated heterocycles. The van der Waals surface area contributed by atoms with E-state index in [1.54, 1.807) is 19.1 Å². The van der Waals surface area contributed by atoms with Crippen molar-refractivity contribution < 1.29 is 14.3 Å². The Hall–Kier alpha value is -1.23. The summed E-state index contributed by atoms with van der Waals surface area (Å²) in [5.74, 6) is 1.61. The number of likely N-dealkylation sites (N-methyl/N-ethyl adjacent to an activating group) is 1. The zero-order valence-electron chi connectivity index (χ0n) is 9.98. The van der Waals surface area contributed by atoms with Gasteiger partial charge >= 0.3 is 0 Å². The van der Waals surface area contributed by atoms with Crippen molar-refractivity contribution in [3.63, 3.8) is 0 Å². The van der Waals surface area contributed by atoms with Gasteiger partial charge in [0.1, 0.15) is 18.1 Å². The number of amides is 1. The molecule has 0 heterocycles. The highest BCUT2D eigenvalue weighted by molar-refractivity contribution is 9.09. The van der Waals surface area contributed by atoms with Crippen LogP contribution in [0.3, 0.4) is 0 Å². The van der Waals surface area contributed by atoms with Crippen molar-refractivity contribution in [2.45, 2.75) is 0 Å². The molecule has 0 aliphatic rings. The molecule has 5 heteroatoms. The highest BCUT2D eigenvalue weighted by atomic mass is 79.9. The molecule has 0 unspecified atom stereocenters. The Morgan fingerprint density at radius 3 is 2.41 bits per heavy atom. The molecule has 94 valence electrons. The van der Waals surface area contributed by atoms with E-state index in [9.17, 15) is 4.79 Å². The first-order valence-corrected chi connectivity index (χ1v) is 6.36. The van der Waals surface area contributed by atoms with Crippen molar-refractivity contribution in [1.29, 1.82) is 0 Å². The lowest BCUT2D eigenvalue weighted by Gasteiger charge is -2.16. The molecule has 1 rings (SSSR count). The number of nitrogens with zero attached hydrogens (tertiary/aromatic N) is 1. The van der Waals surface area contributed by atoms with Gasteiger partial charge in [-0.25, -0.2) is 0 Å². The number of hydrogen-bond acceptors (Lipinski definition) is 3. The summed E-state index contributed by atoms with van der Waals surface area (Å²) < 4.78 is 10.6. The fourth-order valence-electron chi connectivity index (χ4n) is 1.20. The van der Waals surface area contributed by atoms with Gasteiger partial charge in [0.25, 0.3) is 0 Å². The Morgan fingerprint density at radius 2 is 1.88 bits per heavy atom. The minimum absolute atomic E-state index is 0.0448. The molecule has 0 fully saturated rings. The van der Waals surface area contributed by atoms with Gasteiger partial charge in [-0.2, -0.15) is 0 Å². The predicted molar refractivity (Wildman–Crippen MR) is 69.9 cm³/mol. The summed E-state index contributed by atoms with van der Waals surface area (Å²) in [5, 5.41) is 0.339. The number of rotatable bonds is 6. The van der Waals surface area contributed by atoms with Gasteiger partial charge in [0.05, 0.1) is 19.0 Å². The SMILES string of the molecule is COc1ccc(OCCN(C)C(=O)CBr)cc1. The lowest BCUT2D eigenvalue weighted by atomic mass is 10.3. The fraction of sp³-hybridized carbons (Fsp3) is 0.417. The molecule has 0 aromatic heterocycles. The average Bonchev–Trinajstić information content (AvgIpc) is 2.38. The Morgan fingerprint density at radius 1 is 1.29 bits per heavy atom. The second kappa shape index (κ2) is 7.17. The second-order valence-electron chi connectivity index (χ2n) is 3.47. The molecular formula is C12H16BrNO3. The number of benzene rings is 1. The molecular weight excluding hydrogens is 286 g/mol. The standard InChI is InChI=1S/C12H16BrNO3/c1-14(12(15)9-13)7-8-17-11-5-3-10(16-2)4-6-11/h3-6H,7-9H2,1-2H3. The van der Waals surface area contributed by atoms with Gasteiger partial charge in [0.2, 0.25) is 5.91 Å². The van der Waals surface area contributed by atoms with Crippen LogP contribution in [0.1, 0.15) is 0 Å². The van der Waals surface area contributed by atoms with E-state index in [0.717, 1.165) is 11.5 Å². The second-order valence-corrected chi connectivity index (χ2v) is 4.03. The van der Waals surface area contributed by atoms with Gasteiger partial charge < -0.3 is 14.4 Å². The molecule has 0 radical (unpaired) electrons. The average molecular weight is 302 g/mol. The van der Waals surface area contributed by atoms with Gasteiger partial charge in [-0.3, -0.25) is 4.79 Å². The van der Waals surface area contributed by atoms with Crippen molar-refractivity contribution in [2.24, 2.45) is 0 Å². The molecule has 1 aromatic rings. The molecule has 0 atom stereocenters. The highest BCUT2D eigenvalue weighted by Crippen LogP contribution is 2.16. The number of carbonyl (C=O) groups is 1. The third kappa shape index (κ3) is 4.65. The lowest BCUT2D eigenvalue weighted by molar-refractivity contribution is -0.127. The van der Waals surface area contributed by atoms with Crippen LogP contribution in [0, 0.1) is 0 Å². The third-order valence-corrected chi connectivity index (χ3v) is 2.77. The van der Waals surface area contributed by atoms with E-state index >= 15 is 0 Å². The Labute approximate surface area is 110 Å². The zero-order valence-corrected chi connectivity index (χ0v) is 11.6. The van der Waals surface area contributed by atoms with Gasteiger partial charge in [-0.1, -0.05) is 15.9 Å². The minimum Gasteiger partial charge on any atom is -0.497 e. The minimum atomic E-state index is 0.0448. The van der Waals surface area contributed by atoms with Crippen molar-refractivity contribution >= 4 is 21.8 Å². The van der Waals surface area contributed by atoms with Crippen LogP contribution in [0.4, 0.5) is 0 Å². The first kappa shape index (κ1) is 13.8. The summed E-state index contributed by atoms with van der Waals surface area (Å²) in [6, 6.07) is 7.35. The van der Waals surface area contributed by atoms with Crippen LogP contribution in [-0.2, 0) is 4.79 Å². The number of methoxy groups -OCH3 is 1. The maximum atomic E-state index is 11.2. The van der Waals surface area contributed by atoms with Crippen LogP contribution in [0.15, 0.2) is 24.3 Å². The maximum Gasteiger partial charge on any atom is 0.233 e. The topological polar surface area (TPSA) is 38.8 Å². The summed E-state index contributed by atoms with van der Waals surface area (Å²) >= 11 is 3.12. The van der Waals surface area contributed by atoms with Gasteiger partial charge in [-0.05, 0) is 24.3 Å². The first-order chi connectivity index (χ1) is 8.17. The van der Waals surface area contributed by atoms with E-state index in [1.807, 2.05) is 24.3 Å². The van der Waals surface area contributed by atoms with Crippen LogP contribution in [0.25, 0.3) is 0 Å². The summed E-state index contributed by atoms with van der Waals surface area (Å²) in [5.41, 5.74) is 0. The zero-order chi connectivity index (χ0) is 12.7. The number of hydrogen-bond donors (Lipinski definition) is 0. The normalized spacial score (nSPS) is 9.82. The Kier molecular flexibility index (Phi) is 5.83. The van der Waals surface area contributed by atoms with Crippen molar-refractivity contribution in [3.05, 3.63) is 24.3 Å². The summed E-state index contributed by atoms with van der Waals surface area (Å²) in [6.45, 7) is 1.04. The Bertz CT molecular complexity index is 353. The van der Waals surface area contributed by atoms with Crippen LogP contribution in [0.5, 0.6) is 11.5 Å². The summed E-state index contributed by atoms with van der Waals surface area (Å²) in [7, 11) is 3.37. The van der Waals surface area contributed by atoms with Gasteiger partial charge in [-0.15, -0.1) is 0 Å². The van der Waals surface area contributed by atoms with E-state index in [1.165, 1.54) is 0 Å². The predicted octanol–water partition coefficient (Wildman–Crippen LogP) is 1.93. The van der Waals surface area contributed by atoms with Crippen molar-refractivity contribution in [1.82, 2.24) is 4.90 Å². The van der Waals surface area contributed by atoms with Crippen molar-refractivity contribution in [2.75, 3.05) is 32.6 Å². The van der Waals surface area contributed by atoms with Crippen molar-refractivity contribution in [3.8, 4) is 11.5 Å². The first-order valence-electron chi connectivity index (χ1n) is 5.24. The molecule has 0 spiro atoms. The van der Waals surface area contributed by atoms with Gasteiger partial charge in [0, 0.05) is 7.05 Å². The van der Waals surface area contributed by atoms with E-state index in [4.69, 9.17) is 9.47 Å². The smallest absolute Gasteiger partial charge is 0.233 e. The van der Waals surface area contributed by atoms with E-state index in [2.05, 4.69) is 15.9 Å². The summed E-state index contributed by atoms with van der Waals surface area (Å²) in [4.78, 5) is 12.9. The molecule has 0 N–H and O–H groups in total. The Balaban J connectivity index is 2.33. The maximum absolute atomic E-state index is 11.2. The third-order valence-electron chi connectivity index (χ3n) is 2.29. The molecule has 0 aliphatic heterocycles. The fourth-order valence-corrected chi connectivity index (χ4v) is 1.63. The van der Waals surface area contributed by atoms with E-state index < -0.39 is 0 Å². The number of alkyl halides is 1. The van der Waals surface area contributed by atoms with Crippen LogP contribution in [0.2, 0.25) is 0 Å². The van der Waals surface area contributed by atoms with Crippen LogP contribution in [-0.4, -0.2) is 43.4 Å². The lowest BCUT2D eigenvalue weighted by Crippen LogP contribution is -2.31. The monoisotopic (exact) mass is 301 g/mol. The van der Waals surface area contributed by atoms with Gasteiger partial charge in [0.15, 0.2) is 0 Å². The molecule has 0 bridgehead atoms. The molecule has 17 heavy (non-hydrogen) atoms. The molecule has 4 nitrogen and oxygen atoms in total. The number of carbonyl (C=O) groups excluding carboxylic acids is 1. The van der Waals surface area contributed by atoms with E-state index in [0.29, 0.717) is 18.5 Å². The summed E-state index contributed by atoms with van der Waals surface area (Å²) in [6.07, 6.45) is 0. The van der Waals surface area contributed by atoms with Crippen LogP contribution < -0.4 is 9.47 Å². The quantitative estimate of drug-likeness (QED) is 0.754. The molecule has 1 aromatic carbocycles. The number of halogens is 1. The van der Waals surface area contributed by atoms with Crippen LogP contribution >= 0.6 is 15.9 Å². The molecule has 0 saturated carbocycles. The number of ether oxygens (including phenoxy) is 2. The molecule has 1 amide bonds. The molecule has 0 aliphatic carbocycles. The van der Waals surface area contributed by atoms with E-state index in [-0.39, 0.29) is 5.91 Å². The highest BCUT2D eigenvalue weighted by Gasteiger charge is 2.05. The largest absolute Gasteiger partial charge is 0.497 e.